The van der Waals surface area contributed by atoms with E-state index >= 15 is 0 Å². The molecule has 0 aliphatic heterocycles. The highest BCUT2D eigenvalue weighted by atomic mass is 16.5. The number of benzene rings is 2. The van der Waals surface area contributed by atoms with Gasteiger partial charge in [0.1, 0.15) is 11.5 Å². The standard InChI is InChI=1S/C33H46N2O4/c1-3-30(38-28-11-7-5-8-12-28)32(36)34-26-19-15-24(16-20-26)23-25-17-21-27(22-18-25)35-33(37)31(4-2)39-29-13-9-6-10-14-29/h5-14,24-27,30-31H,3-4,15-23H2,1-2H3,(H,34,36)(H,35,37)/t24?,25?,26?,27?,30-,31+. The first-order valence-corrected chi connectivity index (χ1v) is 15.1. The van der Waals surface area contributed by atoms with Gasteiger partial charge in [0.25, 0.3) is 11.8 Å². The third-order valence-electron chi connectivity index (χ3n) is 8.42. The molecule has 0 radical (unpaired) electrons. The van der Waals surface area contributed by atoms with Crippen molar-refractivity contribution in [2.75, 3.05) is 0 Å². The highest BCUT2D eigenvalue weighted by Gasteiger charge is 2.30. The molecule has 2 aliphatic rings. The summed E-state index contributed by atoms with van der Waals surface area (Å²) in [5.74, 6) is 2.96. The first-order valence-electron chi connectivity index (χ1n) is 15.1. The summed E-state index contributed by atoms with van der Waals surface area (Å²) in [6, 6.07) is 19.7. The van der Waals surface area contributed by atoms with Crippen molar-refractivity contribution >= 4 is 11.8 Å². The molecule has 0 saturated heterocycles. The van der Waals surface area contributed by atoms with E-state index < -0.39 is 12.2 Å². The van der Waals surface area contributed by atoms with Crippen LogP contribution in [0.25, 0.3) is 0 Å². The first-order chi connectivity index (χ1) is 19.0. The highest BCUT2D eigenvalue weighted by molar-refractivity contribution is 5.81. The predicted molar refractivity (Wildman–Crippen MR) is 155 cm³/mol. The Bertz CT molecular complexity index is 917. The van der Waals surface area contributed by atoms with Crippen LogP contribution in [0, 0.1) is 11.8 Å². The molecular formula is C33H46N2O4. The molecule has 2 aromatic rings. The van der Waals surface area contributed by atoms with Gasteiger partial charge in [-0.3, -0.25) is 9.59 Å². The zero-order valence-corrected chi connectivity index (χ0v) is 23.6. The number of carbonyl (C=O) groups excluding carboxylic acids is 2. The topological polar surface area (TPSA) is 76.7 Å². The van der Waals surface area contributed by atoms with Crippen LogP contribution in [-0.2, 0) is 9.59 Å². The first kappa shape index (κ1) is 29.0. The van der Waals surface area contributed by atoms with Crippen LogP contribution in [0.2, 0.25) is 0 Å². The minimum Gasteiger partial charge on any atom is -0.481 e. The Morgan fingerprint density at radius 3 is 1.33 bits per heavy atom. The lowest BCUT2D eigenvalue weighted by Crippen LogP contribution is -2.45. The average molecular weight is 535 g/mol. The smallest absolute Gasteiger partial charge is 0.261 e. The molecule has 6 nitrogen and oxygen atoms in total. The van der Waals surface area contributed by atoms with Crippen LogP contribution >= 0.6 is 0 Å². The Kier molecular flexibility index (Phi) is 11.1. The summed E-state index contributed by atoms with van der Waals surface area (Å²) in [4.78, 5) is 25.7. The summed E-state index contributed by atoms with van der Waals surface area (Å²) in [6.07, 6.45) is 10.6. The summed E-state index contributed by atoms with van der Waals surface area (Å²) in [5.41, 5.74) is 0. The van der Waals surface area contributed by atoms with E-state index in [1.165, 1.54) is 32.1 Å². The van der Waals surface area contributed by atoms with Gasteiger partial charge >= 0.3 is 0 Å². The summed E-state index contributed by atoms with van der Waals surface area (Å²) in [5, 5.41) is 6.51. The van der Waals surface area contributed by atoms with Gasteiger partial charge in [-0.15, -0.1) is 0 Å². The van der Waals surface area contributed by atoms with Crippen molar-refractivity contribution in [2.45, 2.75) is 109 Å². The number of ether oxygens (including phenoxy) is 2. The van der Waals surface area contributed by atoms with Crippen molar-refractivity contribution in [3.8, 4) is 11.5 Å². The van der Waals surface area contributed by atoms with Gasteiger partial charge in [-0.2, -0.15) is 0 Å². The monoisotopic (exact) mass is 534 g/mol. The van der Waals surface area contributed by atoms with Crippen molar-refractivity contribution in [1.82, 2.24) is 10.6 Å². The number of amides is 2. The molecule has 2 aromatic carbocycles. The fraction of sp³-hybridized carbons (Fsp3) is 0.576. The van der Waals surface area contributed by atoms with Gasteiger partial charge < -0.3 is 20.1 Å². The molecular weight excluding hydrogens is 488 g/mol. The summed E-state index contributed by atoms with van der Waals surface area (Å²) < 4.78 is 11.8. The molecule has 2 atom stereocenters. The second-order valence-electron chi connectivity index (χ2n) is 11.3. The molecule has 0 unspecified atom stereocenters. The van der Waals surface area contributed by atoms with E-state index in [4.69, 9.17) is 9.47 Å². The van der Waals surface area contributed by atoms with Crippen molar-refractivity contribution in [1.29, 1.82) is 0 Å². The van der Waals surface area contributed by atoms with Gasteiger partial charge in [-0.25, -0.2) is 0 Å². The van der Waals surface area contributed by atoms with Gasteiger partial charge in [0.05, 0.1) is 0 Å². The van der Waals surface area contributed by atoms with E-state index in [9.17, 15) is 9.59 Å². The minimum atomic E-state index is -0.446. The number of para-hydroxylation sites is 2. The van der Waals surface area contributed by atoms with Crippen LogP contribution in [0.1, 0.15) is 84.5 Å². The molecule has 212 valence electrons. The van der Waals surface area contributed by atoms with Crippen molar-refractivity contribution in [2.24, 2.45) is 11.8 Å². The zero-order valence-electron chi connectivity index (χ0n) is 23.6. The molecule has 0 heterocycles. The maximum atomic E-state index is 12.8. The molecule has 0 aromatic heterocycles. The van der Waals surface area contributed by atoms with Gasteiger partial charge in [0.2, 0.25) is 0 Å². The Balaban J connectivity index is 1.13. The van der Waals surface area contributed by atoms with Crippen molar-refractivity contribution in [3.63, 3.8) is 0 Å². The molecule has 6 heteroatoms. The molecule has 0 spiro atoms. The van der Waals surface area contributed by atoms with Gasteiger partial charge in [-0.05, 0) is 107 Å². The normalized spacial score (nSPS) is 24.7. The van der Waals surface area contributed by atoms with Gasteiger partial charge in [0.15, 0.2) is 12.2 Å². The predicted octanol–water partition coefficient (Wildman–Crippen LogP) is 6.44. The lowest BCUT2D eigenvalue weighted by atomic mass is 9.75. The van der Waals surface area contributed by atoms with E-state index in [1.54, 1.807) is 0 Å². The third kappa shape index (κ3) is 9.01. The van der Waals surface area contributed by atoms with Gasteiger partial charge in [0, 0.05) is 12.1 Å². The van der Waals surface area contributed by atoms with E-state index in [2.05, 4.69) is 10.6 Å². The molecule has 2 fully saturated rings. The third-order valence-corrected chi connectivity index (χ3v) is 8.42. The van der Waals surface area contributed by atoms with Crippen LogP contribution in [-0.4, -0.2) is 36.1 Å². The van der Waals surface area contributed by atoms with E-state index in [1.807, 2.05) is 74.5 Å². The van der Waals surface area contributed by atoms with Crippen LogP contribution in [0.4, 0.5) is 0 Å². The lowest BCUT2D eigenvalue weighted by molar-refractivity contribution is -0.129. The molecule has 39 heavy (non-hydrogen) atoms. The Morgan fingerprint density at radius 2 is 1.00 bits per heavy atom. The zero-order chi connectivity index (χ0) is 27.5. The molecule has 0 bridgehead atoms. The quantitative estimate of drug-likeness (QED) is 0.328. The molecule has 2 aliphatic carbocycles. The summed E-state index contributed by atoms with van der Waals surface area (Å²) >= 11 is 0. The van der Waals surface area contributed by atoms with E-state index in [0.29, 0.717) is 12.8 Å². The molecule has 2 N–H and O–H groups in total. The summed E-state index contributed by atoms with van der Waals surface area (Å²) in [6.45, 7) is 3.98. The number of rotatable bonds is 12. The maximum absolute atomic E-state index is 12.8. The Labute approximate surface area is 234 Å². The van der Waals surface area contributed by atoms with Gasteiger partial charge in [-0.1, -0.05) is 50.2 Å². The largest absolute Gasteiger partial charge is 0.481 e. The fourth-order valence-corrected chi connectivity index (χ4v) is 6.12. The van der Waals surface area contributed by atoms with Crippen LogP contribution in [0.5, 0.6) is 11.5 Å². The molecule has 2 saturated carbocycles. The number of carbonyl (C=O) groups is 2. The van der Waals surface area contributed by atoms with Crippen LogP contribution < -0.4 is 20.1 Å². The fourth-order valence-electron chi connectivity index (χ4n) is 6.12. The Morgan fingerprint density at radius 1 is 0.641 bits per heavy atom. The van der Waals surface area contributed by atoms with E-state index in [-0.39, 0.29) is 23.9 Å². The Hall–Kier alpha value is -3.02. The lowest BCUT2D eigenvalue weighted by Gasteiger charge is -2.35. The summed E-state index contributed by atoms with van der Waals surface area (Å²) in [7, 11) is 0. The minimum absolute atomic E-state index is 0.00431. The molecule has 4 rings (SSSR count). The average Bonchev–Trinajstić information content (AvgIpc) is 2.97. The van der Waals surface area contributed by atoms with Crippen molar-refractivity contribution < 1.29 is 19.1 Å². The van der Waals surface area contributed by atoms with Crippen molar-refractivity contribution in [3.05, 3.63) is 60.7 Å². The van der Waals surface area contributed by atoms with E-state index in [0.717, 1.165) is 49.0 Å². The van der Waals surface area contributed by atoms with Crippen LogP contribution in [0.15, 0.2) is 60.7 Å². The highest BCUT2D eigenvalue weighted by Crippen LogP contribution is 2.35. The number of hydrogen-bond acceptors (Lipinski definition) is 4. The maximum Gasteiger partial charge on any atom is 0.261 e. The van der Waals surface area contributed by atoms with Crippen LogP contribution in [0.3, 0.4) is 0 Å². The SMILES string of the molecule is CC[C@H](Oc1ccccc1)C(=O)NC1CCC(CC2CCC(NC(=O)[C@@H](CC)Oc3ccccc3)CC2)CC1. The second-order valence-corrected chi connectivity index (χ2v) is 11.3. The number of nitrogens with one attached hydrogen (secondary N) is 2. The number of hydrogen-bond donors (Lipinski definition) is 2. The molecule has 2 amide bonds. The second kappa shape index (κ2) is 14.9.